The monoisotopic (exact) mass is 547 g/mol. The van der Waals surface area contributed by atoms with Crippen molar-refractivity contribution in [2.24, 2.45) is 5.73 Å². The number of carbonyl (C=O) groups is 1. The van der Waals surface area contributed by atoms with Crippen LogP contribution in [-0.4, -0.2) is 52.7 Å². The molecule has 1 atom stereocenters. The van der Waals surface area contributed by atoms with Crippen LogP contribution in [0.25, 0.3) is 11.3 Å². The lowest BCUT2D eigenvalue weighted by Crippen LogP contribution is -2.41. The molecule has 10 heteroatoms. The van der Waals surface area contributed by atoms with Crippen LogP contribution in [0.15, 0.2) is 36.4 Å². The van der Waals surface area contributed by atoms with E-state index in [0.29, 0.717) is 53.0 Å². The van der Waals surface area contributed by atoms with Crippen molar-refractivity contribution in [3.05, 3.63) is 81.2 Å². The Morgan fingerprint density at radius 1 is 1.05 bits per heavy atom. The molecule has 6 rings (SSSR count). The van der Waals surface area contributed by atoms with Crippen molar-refractivity contribution < 1.29 is 13.6 Å². The zero-order valence-corrected chi connectivity index (χ0v) is 22.5. The number of fused-ring (bicyclic) bond motifs is 1. The number of anilines is 1. The summed E-state index contributed by atoms with van der Waals surface area (Å²) in [6, 6.07) is 8.12. The van der Waals surface area contributed by atoms with Crippen LogP contribution in [0.1, 0.15) is 70.9 Å². The van der Waals surface area contributed by atoms with E-state index in [1.54, 1.807) is 6.07 Å². The number of hydrogen-bond acceptors (Lipinski definition) is 7. The van der Waals surface area contributed by atoms with Gasteiger partial charge in [0.15, 0.2) is 0 Å². The van der Waals surface area contributed by atoms with Crippen molar-refractivity contribution in [3.8, 4) is 11.3 Å². The van der Waals surface area contributed by atoms with Crippen molar-refractivity contribution in [1.82, 2.24) is 20.3 Å². The largest absolute Gasteiger partial charge is 0.784 e. The normalized spacial score (nSPS) is 20.2. The Balaban J connectivity index is 1.51. The number of carbonyl (C=O) groups excluding carboxylic acids is 1. The number of halogens is 2. The molecule has 2 aliphatic heterocycles. The molecule has 3 N–H and O–H groups in total. The van der Waals surface area contributed by atoms with Gasteiger partial charge in [-0.15, -0.1) is 0 Å². The number of amides is 1. The van der Waals surface area contributed by atoms with E-state index in [1.165, 1.54) is 6.07 Å². The van der Waals surface area contributed by atoms with Gasteiger partial charge in [-0.25, -0.2) is 18.7 Å². The first-order chi connectivity index (χ1) is 19.3. The van der Waals surface area contributed by atoms with Crippen LogP contribution >= 0.6 is 0 Å². The Morgan fingerprint density at radius 3 is 2.45 bits per heavy atom. The predicted octanol–water partition coefficient (Wildman–Crippen LogP) is 4.39. The highest BCUT2D eigenvalue weighted by Gasteiger charge is 2.34. The maximum Gasteiger partial charge on any atom is 0.251 e. The zero-order valence-electron chi connectivity index (χ0n) is 22.5. The third-order valence-electron chi connectivity index (χ3n) is 8.45. The van der Waals surface area contributed by atoms with Crippen molar-refractivity contribution in [2.45, 2.75) is 63.6 Å². The van der Waals surface area contributed by atoms with E-state index in [4.69, 9.17) is 15.7 Å². The first-order valence-electron chi connectivity index (χ1n) is 14.0. The van der Waals surface area contributed by atoms with E-state index in [1.807, 2.05) is 24.0 Å². The molecule has 40 heavy (non-hydrogen) atoms. The quantitative estimate of drug-likeness (QED) is 0.488. The Bertz CT molecular complexity index is 1420. The average Bonchev–Trinajstić information content (AvgIpc) is 2.91. The molecule has 1 saturated heterocycles. The van der Waals surface area contributed by atoms with Gasteiger partial charge in [-0.3, -0.25) is 4.79 Å². The van der Waals surface area contributed by atoms with Crippen molar-refractivity contribution in [2.75, 3.05) is 24.5 Å². The summed E-state index contributed by atoms with van der Waals surface area (Å²) in [6.45, 7) is 3.22. The van der Waals surface area contributed by atoms with Crippen LogP contribution in [0.2, 0.25) is 0 Å². The third-order valence-corrected chi connectivity index (χ3v) is 8.45. The zero-order chi connectivity index (χ0) is 28.0. The summed E-state index contributed by atoms with van der Waals surface area (Å²) in [5.74, 6) is -1.34. The lowest BCUT2D eigenvalue weighted by molar-refractivity contribution is 0.0917. The molecule has 2 aromatic carbocycles. The van der Waals surface area contributed by atoms with E-state index < -0.39 is 17.7 Å². The molecule has 1 saturated carbocycles. The molecule has 2 fully saturated rings. The molecule has 3 aromatic rings. The van der Waals surface area contributed by atoms with Gasteiger partial charge in [-0.05, 0) is 81.8 Å². The van der Waals surface area contributed by atoms with Gasteiger partial charge in [0.2, 0.25) is 5.95 Å². The predicted molar refractivity (Wildman–Crippen MR) is 149 cm³/mol. The molecule has 0 spiro atoms. The molecule has 1 aliphatic carbocycles. The molecule has 3 heterocycles. The Kier molecular flexibility index (Phi) is 7.24. The van der Waals surface area contributed by atoms with E-state index in [9.17, 15) is 10.0 Å². The van der Waals surface area contributed by atoms with Gasteiger partial charge in [0.25, 0.3) is 5.91 Å². The number of piperidine rings is 1. The average molecular weight is 548 g/mol. The molecular formula is C30H33F2N6O2-. The van der Waals surface area contributed by atoms with Gasteiger partial charge in [0.05, 0.1) is 17.4 Å². The molecular weight excluding hydrogens is 514 g/mol. The highest BCUT2D eigenvalue weighted by atomic mass is 19.1. The minimum atomic E-state index is -1.26. The number of hydrogen-bond donors (Lipinski definition) is 2. The molecule has 0 radical (unpaired) electrons. The third kappa shape index (κ3) is 4.95. The molecule has 1 aromatic heterocycles. The standard InChI is InChI=1S/C30H33F2N6O2/c1-17-8-9-18(29(39)34-20-4-2-5-20)16-22(17)26-21-12-15-38(40)28(25-23(31)6-3-7-24(25)32)27(21)36-30(35-26)37-13-10-19(33)11-14-37/h3,6-9,16,19-20,28H,2,4-5,10-15,33H2,1H3,(H,34,39)/q-1. The Hall–Kier alpha value is -3.47. The van der Waals surface area contributed by atoms with Gasteiger partial charge in [0.1, 0.15) is 11.6 Å². The number of hydroxylamine groups is 2. The van der Waals surface area contributed by atoms with Crippen LogP contribution < -0.4 is 16.0 Å². The number of rotatable bonds is 5. The highest BCUT2D eigenvalue weighted by molar-refractivity contribution is 5.96. The molecule has 8 nitrogen and oxygen atoms in total. The summed E-state index contributed by atoms with van der Waals surface area (Å²) in [4.78, 5) is 24.8. The second kappa shape index (κ2) is 10.8. The molecule has 210 valence electrons. The van der Waals surface area contributed by atoms with Gasteiger partial charge in [0, 0.05) is 47.4 Å². The second-order valence-corrected chi connectivity index (χ2v) is 11.1. The van der Waals surface area contributed by atoms with Gasteiger partial charge in [-0.2, -0.15) is 0 Å². The molecule has 0 bridgehead atoms. The summed E-state index contributed by atoms with van der Waals surface area (Å²) in [7, 11) is 0. The maximum absolute atomic E-state index is 15.1. The number of benzene rings is 2. The number of nitrogens with one attached hydrogen (secondary N) is 1. The summed E-state index contributed by atoms with van der Waals surface area (Å²) < 4.78 is 30.1. The SMILES string of the molecule is Cc1ccc(C(=O)NC2CCC2)cc1-c1nc(N2CCC(N)CC2)nc2c1CCN([O-])C2c1c(F)cccc1F. The lowest BCUT2D eigenvalue weighted by atomic mass is 9.89. The van der Waals surface area contributed by atoms with Crippen molar-refractivity contribution in [3.63, 3.8) is 0 Å². The molecule has 3 aliphatic rings. The van der Waals surface area contributed by atoms with Crippen LogP contribution in [0, 0.1) is 23.8 Å². The summed E-state index contributed by atoms with van der Waals surface area (Å²) in [6.07, 6.45) is 4.89. The second-order valence-electron chi connectivity index (χ2n) is 11.1. The van der Waals surface area contributed by atoms with Crippen LogP contribution in [0.4, 0.5) is 14.7 Å². The van der Waals surface area contributed by atoms with E-state index in [-0.39, 0.29) is 30.1 Å². The van der Waals surface area contributed by atoms with E-state index in [2.05, 4.69) is 5.32 Å². The fraction of sp³-hybridized carbons (Fsp3) is 0.433. The first-order valence-corrected chi connectivity index (χ1v) is 14.0. The number of nitrogens with zero attached hydrogens (tertiary/aromatic N) is 4. The molecule has 1 unspecified atom stereocenters. The minimum absolute atomic E-state index is 0.0284. The smallest absolute Gasteiger partial charge is 0.251 e. The summed E-state index contributed by atoms with van der Waals surface area (Å²) >= 11 is 0. The van der Waals surface area contributed by atoms with Gasteiger partial charge >= 0.3 is 0 Å². The fourth-order valence-corrected chi connectivity index (χ4v) is 5.81. The topological polar surface area (TPSA) is 110 Å². The first kappa shape index (κ1) is 26.7. The number of aryl methyl sites for hydroxylation is 1. The highest BCUT2D eigenvalue weighted by Crippen LogP contribution is 2.41. The van der Waals surface area contributed by atoms with Crippen molar-refractivity contribution >= 4 is 11.9 Å². The van der Waals surface area contributed by atoms with Crippen LogP contribution in [0.5, 0.6) is 0 Å². The minimum Gasteiger partial charge on any atom is -0.784 e. The summed E-state index contributed by atoms with van der Waals surface area (Å²) in [5.41, 5.74) is 9.51. The Morgan fingerprint density at radius 2 is 1.77 bits per heavy atom. The van der Waals surface area contributed by atoms with E-state index in [0.717, 1.165) is 55.4 Å². The number of aromatic nitrogens is 2. The van der Waals surface area contributed by atoms with Gasteiger partial charge < -0.3 is 26.2 Å². The van der Waals surface area contributed by atoms with E-state index >= 15 is 8.78 Å². The van der Waals surface area contributed by atoms with Gasteiger partial charge in [-0.1, -0.05) is 12.1 Å². The van der Waals surface area contributed by atoms with Crippen LogP contribution in [0.3, 0.4) is 0 Å². The lowest BCUT2D eigenvalue weighted by Gasteiger charge is -2.42. The molecule has 1 amide bonds. The van der Waals surface area contributed by atoms with Crippen molar-refractivity contribution in [1.29, 1.82) is 0 Å². The summed E-state index contributed by atoms with van der Waals surface area (Å²) in [5, 5.41) is 17.0. The fourth-order valence-electron chi connectivity index (χ4n) is 5.81. The van der Waals surface area contributed by atoms with Crippen LogP contribution in [-0.2, 0) is 6.42 Å². The Labute approximate surface area is 232 Å². The number of nitrogens with two attached hydrogens (primary N) is 1. The maximum atomic E-state index is 15.1.